The predicted molar refractivity (Wildman–Crippen MR) is 276 cm³/mol. The molecule has 1 heteroatoms. The zero-order valence-electron chi connectivity index (χ0n) is 36.0. The number of aryl methyl sites for hydroxylation is 1. The lowest BCUT2D eigenvalue weighted by Crippen LogP contribution is -2.10. The second kappa shape index (κ2) is 17.0. The Kier molecular flexibility index (Phi) is 10.4. The van der Waals surface area contributed by atoms with Gasteiger partial charge in [-0.1, -0.05) is 207 Å². The summed E-state index contributed by atoms with van der Waals surface area (Å²) in [6.07, 6.45) is 2.06. The molecule has 304 valence electrons. The van der Waals surface area contributed by atoms with Gasteiger partial charge in [-0.15, -0.1) is 0 Å². The first-order valence-corrected chi connectivity index (χ1v) is 22.4. The summed E-state index contributed by atoms with van der Waals surface area (Å²) in [5.41, 5.74) is 12.4. The van der Waals surface area contributed by atoms with Gasteiger partial charge in [0.2, 0.25) is 0 Å². The van der Waals surface area contributed by atoms with Gasteiger partial charge < -0.3 is 4.90 Å². The van der Waals surface area contributed by atoms with Gasteiger partial charge >= 0.3 is 0 Å². The summed E-state index contributed by atoms with van der Waals surface area (Å²) in [4.78, 5) is 2.35. The Morgan fingerprint density at radius 1 is 0.312 bits per heavy atom. The minimum atomic E-state index is 0.942. The van der Waals surface area contributed by atoms with Crippen LogP contribution in [-0.2, 0) is 12.8 Å². The number of rotatable bonds is 8. The summed E-state index contributed by atoms with van der Waals surface area (Å²) < 4.78 is 0. The van der Waals surface area contributed by atoms with E-state index in [0.717, 1.165) is 29.9 Å². The number of hydrogen-bond donors (Lipinski definition) is 0. The molecule has 0 aromatic heterocycles. The topological polar surface area (TPSA) is 3.24 Å². The van der Waals surface area contributed by atoms with Crippen LogP contribution in [0.5, 0.6) is 0 Å². The number of fused-ring (bicyclic) bond motifs is 2. The van der Waals surface area contributed by atoms with E-state index in [1.54, 1.807) is 0 Å². The highest BCUT2D eigenvalue weighted by molar-refractivity contribution is 6.24. The molecule has 12 aromatic carbocycles. The third-order valence-electron chi connectivity index (χ3n) is 12.8. The predicted octanol–water partition coefficient (Wildman–Crippen LogP) is 17.5. The standard InChI is InChI=1S/C51H35N.C12H12/c1-4-12-35(13-5-1)30-36-31-39-24-26-41-33-43(34-42-27-25-40(32-36)50(39)51(41)42)37-20-22-38(23-21-37)46-28-29-49(48-19-11-10-18-47(46)48)52(44-14-6-2-7-15-44)45-16-8-3-9-17-45;1-2-10-7-8-11-5-3-4-6-12(11)9-10/h1-29,31-34H,30H2;3-9H,2H2,1H3. The van der Waals surface area contributed by atoms with E-state index < -0.39 is 0 Å². The Labute approximate surface area is 375 Å². The van der Waals surface area contributed by atoms with Crippen LogP contribution in [0.1, 0.15) is 23.6 Å². The molecule has 0 amide bonds. The summed E-state index contributed by atoms with van der Waals surface area (Å²) in [6, 6.07) is 88.3. The summed E-state index contributed by atoms with van der Waals surface area (Å²) in [6.45, 7) is 2.18. The monoisotopic (exact) mass is 817 g/mol. The lowest BCUT2D eigenvalue weighted by molar-refractivity contribution is 1.15. The molecule has 0 bridgehead atoms. The lowest BCUT2D eigenvalue weighted by atomic mass is 9.89. The number of nitrogens with zero attached hydrogens (tertiary/aromatic N) is 1. The van der Waals surface area contributed by atoms with Crippen LogP contribution in [0.3, 0.4) is 0 Å². The van der Waals surface area contributed by atoms with Crippen LogP contribution >= 0.6 is 0 Å². The minimum absolute atomic E-state index is 0.942. The van der Waals surface area contributed by atoms with Crippen molar-refractivity contribution in [1.29, 1.82) is 0 Å². The highest BCUT2D eigenvalue weighted by Crippen LogP contribution is 2.43. The molecule has 12 aromatic rings. The lowest BCUT2D eigenvalue weighted by Gasteiger charge is -2.27. The zero-order chi connectivity index (χ0) is 42.8. The van der Waals surface area contributed by atoms with Crippen molar-refractivity contribution in [2.75, 3.05) is 4.90 Å². The molecule has 1 nitrogen and oxygen atoms in total. The number of anilines is 3. The van der Waals surface area contributed by atoms with E-state index in [9.17, 15) is 0 Å². The summed E-state index contributed by atoms with van der Waals surface area (Å²) in [5.74, 6) is 0. The van der Waals surface area contributed by atoms with Gasteiger partial charge in [-0.2, -0.15) is 0 Å². The fourth-order valence-corrected chi connectivity index (χ4v) is 9.61. The van der Waals surface area contributed by atoms with Gasteiger partial charge in [0, 0.05) is 16.8 Å². The van der Waals surface area contributed by atoms with Crippen LogP contribution in [0.4, 0.5) is 17.1 Å². The Hall–Kier alpha value is -8.00. The molecule has 0 aliphatic carbocycles. The quantitative estimate of drug-likeness (QED) is 0.138. The molecule has 0 aliphatic rings. The van der Waals surface area contributed by atoms with Crippen molar-refractivity contribution in [2.45, 2.75) is 19.8 Å². The Morgan fingerprint density at radius 3 is 1.41 bits per heavy atom. The molecule has 0 fully saturated rings. The molecule has 0 atom stereocenters. The SMILES string of the molecule is CCc1ccc2ccccc2c1.c1ccc(Cc2cc3ccc4cc(-c5ccc(-c6ccc(N(c7ccccc7)c7ccccc7)c7ccccc67)cc5)cc5ccc(c2)c3c45)cc1. The third-order valence-corrected chi connectivity index (χ3v) is 12.8. The van der Waals surface area contributed by atoms with Crippen LogP contribution in [-0.4, -0.2) is 0 Å². The fourth-order valence-electron chi connectivity index (χ4n) is 9.61. The molecule has 0 spiro atoms. The molecule has 0 N–H and O–H groups in total. The fraction of sp³-hybridized carbons (Fsp3) is 0.0476. The minimum Gasteiger partial charge on any atom is -0.310 e. The molecule has 0 radical (unpaired) electrons. The van der Waals surface area contributed by atoms with Crippen molar-refractivity contribution in [1.82, 2.24) is 0 Å². The first-order valence-electron chi connectivity index (χ1n) is 22.4. The molecule has 0 heterocycles. The molecule has 12 rings (SSSR count). The number of para-hydroxylation sites is 2. The Bertz CT molecular complexity index is 3430. The number of benzene rings is 12. The van der Waals surface area contributed by atoms with Gasteiger partial charge in [-0.3, -0.25) is 0 Å². The maximum atomic E-state index is 2.37. The second-order valence-electron chi connectivity index (χ2n) is 16.8. The molecular formula is C63H47N. The van der Waals surface area contributed by atoms with Crippen molar-refractivity contribution in [3.63, 3.8) is 0 Å². The smallest absolute Gasteiger partial charge is 0.0540 e. The molecule has 64 heavy (non-hydrogen) atoms. The Balaban J connectivity index is 0.000000329. The maximum absolute atomic E-state index is 2.37. The number of hydrogen-bond acceptors (Lipinski definition) is 1. The summed E-state index contributed by atoms with van der Waals surface area (Å²) in [7, 11) is 0. The average molecular weight is 818 g/mol. The van der Waals surface area contributed by atoms with Crippen LogP contribution in [0.15, 0.2) is 243 Å². The van der Waals surface area contributed by atoms with Crippen molar-refractivity contribution < 1.29 is 0 Å². The molecule has 0 saturated carbocycles. The van der Waals surface area contributed by atoms with E-state index in [-0.39, 0.29) is 0 Å². The van der Waals surface area contributed by atoms with E-state index in [0.29, 0.717) is 0 Å². The van der Waals surface area contributed by atoms with E-state index >= 15 is 0 Å². The van der Waals surface area contributed by atoms with Crippen molar-refractivity contribution in [3.8, 4) is 22.3 Å². The highest BCUT2D eigenvalue weighted by atomic mass is 15.1. The van der Waals surface area contributed by atoms with Crippen LogP contribution in [0.2, 0.25) is 0 Å². The largest absolute Gasteiger partial charge is 0.310 e. The molecule has 0 unspecified atom stereocenters. The van der Waals surface area contributed by atoms with Crippen LogP contribution in [0.25, 0.3) is 76.1 Å². The zero-order valence-corrected chi connectivity index (χ0v) is 36.0. The summed E-state index contributed by atoms with van der Waals surface area (Å²) in [5, 5.41) is 13.0. The van der Waals surface area contributed by atoms with Crippen molar-refractivity contribution in [3.05, 3.63) is 259 Å². The Morgan fingerprint density at radius 2 is 0.797 bits per heavy atom. The van der Waals surface area contributed by atoms with Gasteiger partial charge in [0.05, 0.1) is 5.69 Å². The van der Waals surface area contributed by atoms with Gasteiger partial charge in [0.15, 0.2) is 0 Å². The highest BCUT2D eigenvalue weighted by Gasteiger charge is 2.17. The maximum Gasteiger partial charge on any atom is 0.0540 e. The van der Waals surface area contributed by atoms with Crippen LogP contribution in [0, 0.1) is 0 Å². The first kappa shape index (κ1) is 38.9. The summed E-state index contributed by atoms with van der Waals surface area (Å²) >= 11 is 0. The average Bonchev–Trinajstić information content (AvgIpc) is 3.36. The van der Waals surface area contributed by atoms with Crippen molar-refractivity contribution >= 4 is 70.9 Å². The van der Waals surface area contributed by atoms with Gasteiger partial charge in [0.25, 0.3) is 0 Å². The van der Waals surface area contributed by atoms with E-state index in [4.69, 9.17) is 0 Å². The first-order chi connectivity index (χ1) is 31.7. The second-order valence-corrected chi connectivity index (χ2v) is 16.8. The molecule has 0 saturated heterocycles. The van der Waals surface area contributed by atoms with E-state index in [1.807, 2.05) is 0 Å². The van der Waals surface area contributed by atoms with Gasteiger partial charge in [0.1, 0.15) is 0 Å². The molecular weight excluding hydrogens is 771 g/mol. The molecule has 0 aliphatic heterocycles. The van der Waals surface area contributed by atoms with Gasteiger partial charge in [-0.05, 0) is 143 Å². The third kappa shape index (κ3) is 7.52. The van der Waals surface area contributed by atoms with Gasteiger partial charge in [-0.25, -0.2) is 0 Å². The van der Waals surface area contributed by atoms with E-state index in [1.165, 1.54) is 92.8 Å². The van der Waals surface area contributed by atoms with E-state index in [2.05, 4.69) is 254 Å². The normalized spacial score (nSPS) is 11.3. The van der Waals surface area contributed by atoms with Crippen molar-refractivity contribution in [2.24, 2.45) is 0 Å². The van der Waals surface area contributed by atoms with Crippen LogP contribution < -0.4 is 4.90 Å².